The van der Waals surface area contributed by atoms with Crippen molar-refractivity contribution in [2.75, 3.05) is 25.5 Å². The lowest BCUT2D eigenvalue weighted by Crippen LogP contribution is -2.35. The molecule has 0 saturated carbocycles. The number of aromatic nitrogens is 2. The van der Waals surface area contributed by atoms with Gasteiger partial charge in [0.05, 0.1) is 12.2 Å². The van der Waals surface area contributed by atoms with Crippen LogP contribution in [0.5, 0.6) is 0 Å². The van der Waals surface area contributed by atoms with Crippen LogP contribution in [0.1, 0.15) is 47.2 Å². The summed E-state index contributed by atoms with van der Waals surface area (Å²) < 4.78 is 7.43. The Labute approximate surface area is 190 Å². The molecule has 1 fully saturated rings. The maximum Gasteiger partial charge on any atom is 0.259 e. The van der Waals surface area contributed by atoms with Crippen LogP contribution in [0.2, 0.25) is 0 Å². The zero-order chi connectivity index (χ0) is 22.5. The lowest BCUT2D eigenvalue weighted by Gasteiger charge is -2.33. The van der Waals surface area contributed by atoms with Crippen molar-refractivity contribution in [3.8, 4) is 0 Å². The summed E-state index contributed by atoms with van der Waals surface area (Å²) in [5.41, 5.74) is 4.89. The molecule has 2 aromatic carbocycles. The Morgan fingerprint density at radius 3 is 2.56 bits per heavy atom. The molecule has 1 unspecified atom stereocenters. The molecule has 2 heterocycles. The first-order valence-corrected chi connectivity index (χ1v) is 11.3. The van der Waals surface area contributed by atoms with Crippen molar-refractivity contribution in [2.45, 2.75) is 45.4 Å². The van der Waals surface area contributed by atoms with Gasteiger partial charge in [-0.3, -0.25) is 9.69 Å². The van der Waals surface area contributed by atoms with E-state index < -0.39 is 6.10 Å². The fourth-order valence-corrected chi connectivity index (χ4v) is 4.50. The number of likely N-dealkylation sites (tertiary alicyclic amines) is 1. The quantitative estimate of drug-likeness (QED) is 0.590. The standard InChI is InChI=1S/C26H32N4O2/c1-19-9-10-22(20(2)17-19)18-29-15-12-23(13-16-29)30-24(11-14-27-30)28-26(31)25(32-3)21-7-5-4-6-8-21/h4-11,14,17,23,25H,12-13,15-16,18H2,1-3H3,(H,28,31). The number of anilines is 1. The molecular formula is C26H32N4O2. The molecule has 1 atom stereocenters. The number of methoxy groups -OCH3 is 1. The fourth-order valence-electron chi connectivity index (χ4n) is 4.50. The van der Waals surface area contributed by atoms with Crippen molar-refractivity contribution < 1.29 is 9.53 Å². The van der Waals surface area contributed by atoms with Gasteiger partial charge in [0.15, 0.2) is 6.10 Å². The summed E-state index contributed by atoms with van der Waals surface area (Å²) in [5.74, 6) is 0.536. The predicted octanol–water partition coefficient (Wildman–Crippen LogP) is 4.66. The zero-order valence-electron chi connectivity index (χ0n) is 19.1. The van der Waals surface area contributed by atoms with E-state index in [4.69, 9.17) is 4.74 Å². The highest BCUT2D eigenvalue weighted by atomic mass is 16.5. The average Bonchev–Trinajstić information content (AvgIpc) is 3.25. The van der Waals surface area contributed by atoms with Gasteiger partial charge in [0.25, 0.3) is 5.91 Å². The van der Waals surface area contributed by atoms with E-state index in [0.29, 0.717) is 0 Å². The van der Waals surface area contributed by atoms with E-state index in [-0.39, 0.29) is 11.9 Å². The number of rotatable bonds is 7. The molecule has 0 radical (unpaired) electrons. The van der Waals surface area contributed by atoms with Gasteiger partial charge in [0.2, 0.25) is 0 Å². The second-order valence-electron chi connectivity index (χ2n) is 8.61. The molecule has 0 aliphatic carbocycles. The number of ether oxygens (including phenoxy) is 1. The van der Waals surface area contributed by atoms with Crippen LogP contribution in [0, 0.1) is 13.8 Å². The van der Waals surface area contributed by atoms with Gasteiger partial charge in [0, 0.05) is 32.8 Å². The summed E-state index contributed by atoms with van der Waals surface area (Å²) in [4.78, 5) is 15.4. The highest BCUT2D eigenvalue weighted by molar-refractivity contribution is 5.94. The number of carbonyl (C=O) groups is 1. The summed E-state index contributed by atoms with van der Waals surface area (Å²) in [6.45, 7) is 7.33. The van der Waals surface area contributed by atoms with Crippen LogP contribution in [-0.2, 0) is 16.1 Å². The van der Waals surface area contributed by atoms with Crippen LogP contribution in [-0.4, -0.2) is 40.8 Å². The van der Waals surface area contributed by atoms with Crippen LogP contribution in [0.25, 0.3) is 0 Å². The topological polar surface area (TPSA) is 59.4 Å². The van der Waals surface area contributed by atoms with Crippen molar-refractivity contribution >= 4 is 11.7 Å². The van der Waals surface area contributed by atoms with E-state index in [1.54, 1.807) is 13.3 Å². The molecule has 0 spiro atoms. The largest absolute Gasteiger partial charge is 0.367 e. The molecule has 0 bridgehead atoms. The van der Waals surface area contributed by atoms with Gasteiger partial charge in [-0.15, -0.1) is 0 Å². The van der Waals surface area contributed by atoms with Gasteiger partial charge in [-0.25, -0.2) is 4.68 Å². The maximum atomic E-state index is 12.9. The molecule has 6 heteroatoms. The number of amides is 1. The molecule has 1 aromatic heterocycles. The first-order valence-electron chi connectivity index (χ1n) is 11.3. The summed E-state index contributed by atoms with van der Waals surface area (Å²) in [6.07, 6.45) is 3.10. The van der Waals surface area contributed by atoms with Gasteiger partial charge >= 0.3 is 0 Å². The Hall–Kier alpha value is -2.96. The van der Waals surface area contributed by atoms with Crippen molar-refractivity contribution in [1.29, 1.82) is 0 Å². The summed E-state index contributed by atoms with van der Waals surface area (Å²) in [5, 5.41) is 7.55. The summed E-state index contributed by atoms with van der Waals surface area (Å²) in [7, 11) is 1.56. The Bertz CT molecular complexity index is 1040. The third kappa shape index (κ3) is 5.09. The normalized spacial score (nSPS) is 16.1. The van der Waals surface area contributed by atoms with Crippen LogP contribution in [0.15, 0.2) is 60.8 Å². The Morgan fingerprint density at radius 2 is 1.88 bits per heavy atom. The molecule has 1 saturated heterocycles. The van der Waals surface area contributed by atoms with Gasteiger partial charge in [-0.2, -0.15) is 5.10 Å². The van der Waals surface area contributed by atoms with Crippen LogP contribution >= 0.6 is 0 Å². The molecule has 1 aliphatic rings. The van der Waals surface area contributed by atoms with Gasteiger partial charge in [0.1, 0.15) is 5.82 Å². The van der Waals surface area contributed by atoms with E-state index in [1.807, 2.05) is 41.1 Å². The second-order valence-corrected chi connectivity index (χ2v) is 8.61. The second kappa shape index (κ2) is 10.1. The number of nitrogens with zero attached hydrogens (tertiary/aromatic N) is 3. The predicted molar refractivity (Wildman–Crippen MR) is 127 cm³/mol. The smallest absolute Gasteiger partial charge is 0.259 e. The highest BCUT2D eigenvalue weighted by Gasteiger charge is 2.25. The highest BCUT2D eigenvalue weighted by Crippen LogP contribution is 2.27. The van der Waals surface area contributed by atoms with Crippen LogP contribution < -0.4 is 5.32 Å². The number of nitrogens with one attached hydrogen (secondary N) is 1. The van der Waals surface area contributed by atoms with Crippen LogP contribution in [0.3, 0.4) is 0 Å². The maximum absolute atomic E-state index is 12.9. The van der Waals surface area contributed by atoms with E-state index in [2.05, 4.69) is 47.4 Å². The zero-order valence-corrected chi connectivity index (χ0v) is 19.1. The molecule has 3 aromatic rings. The fraction of sp³-hybridized carbons (Fsp3) is 0.385. The minimum Gasteiger partial charge on any atom is -0.367 e. The molecular weight excluding hydrogens is 400 g/mol. The number of benzene rings is 2. The summed E-state index contributed by atoms with van der Waals surface area (Å²) in [6, 6.07) is 18.4. The Kier molecular flexibility index (Phi) is 7.02. The minimum atomic E-state index is -0.654. The van der Waals surface area contributed by atoms with Crippen molar-refractivity contribution in [3.63, 3.8) is 0 Å². The third-order valence-electron chi connectivity index (χ3n) is 6.29. The van der Waals surface area contributed by atoms with E-state index in [9.17, 15) is 4.79 Å². The number of hydrogen-bond donors (Lipinski definition) is 1. The lowest BCUT2D eigenvalue weighted by atomic mass is 10.0. The number of hydrogen-bond acceptors (Lipinski definition) is 4. The SMILES string of the molecule is COC(C(=O)Nc1ccnn1C1CCN(Cc2ccc(C)cc2C)CC1)c1ccccc1. The molecule has 32 heavy (non-hydrogen) atoms. The van der Waals surface area contributed by atoms with Gasteiger partial charge in [-0.05, 0) is 43.4 Å². The first kappa shape index (κ1) is 22.2. The lowest BCUT2D eigenvalue weighted by molar-refractivity contribution is -0.126. The molecule has 1 aliphatic heterocycles. The Balaban J connectivity index is 1.37. The number of carbonyl (C=O) groups excluding carboxylic acids is 1. The van der Waals surface area contributed by atoms with E-state index in [1.165, 1.54) is 16.7 Å². The third-order valence-corrected chi connectivity index (χ3v) is 6.29. The Morgan fingerprint density at radius 1 is 1.12 bits per heavy atom. The molecule has 1 N–H and O–H groups in total. The monoisotopic (exact) mass is 432 g/mol. The molecule has 6 nitrogen and oxygen atoms in total. The van der Waals surface area contributed by atoms with E-state index >= 15 is 0 Å². The van der Waals surface area contributed by atoms with Crippen molar-refractivity contribution in [2.24, 2.45) is 0 Å². The van der Waals surface area contributed by atoms with E-state index in [0.717, 1.165) is 43.9 Å². The number of aryl methyl sites for hydroxylation is 2. The average molecular weight is 433 g/mol. The van der Waals surface area contributed by atoms with Crippen molar-refractivity contribution in [3.05, 3.63) is 83.0 Å². The summed E-state index contributed by atoms with van der Waals surface area (Å²) >= 11 is 0. The molecule has 1 amide bonds. The minimum absolute atomic E-state index is 0.187. The molecule has 4 rings (SSSR count). The first-order chi connectivity index (χ1) is 15.5. The molecule has 168 valence electrons. The van der Waals surface area contributed by atoms with Crippen LogP contribution in [0.4, 0.5) is 5.82 Å². The van der Waals surface area contributed by atoms with Gasteiger partial charge < -0.3 is 10.1 Å². The number of piperidine rings is 1. The van der Waals surface area contributed by atoms with Gasteiger partial charge in [-0.1, -0.05) is 54.1 Å². The van der Waals surface area contributed by atoms with Crippen molar-refractivity contribution in [1.82, 2.24) is 14.7 Å².